The molecule has 0 amide bonds. The highest BCUT2D eigenvalue weighted by atomic mass is 19.1. The van der Waals surface area contributed by atoms with Crippen molar-refractivity contribution in [3.8, 4) is 0 Å². The second-order valence-electron chi connectivity index (χ2n) is 5.94. The van der Waals surface area contributed by atoms with Gasteiger partial charge in [0.15, 0.2) is 0 Å². The molecule has 2 atom stereocenters. The van der Waals surface area contributed by atoms with Crippen molar-refractivity contribution >= 4 is 0 Å². The standard InChI is InChI=1S/C19H22FN/c1-3-10-21-19(17-12-15(20)9-8-13(17)2)18-11-14-6-4-5-7-16(14)18/h4-9,12,18-19,21H,3,10-11H2,1-2H3. The average Bonchev–Trinajstić information content (AvgIpc) is 2.46. The molecule has 2 unspecified atom stereocenters. The van der Waals surface area contributed by atoms with Gasteiger partial charge in [0.1, 0.15) is 5.82 Å². The topological polar surface area (TPSA) is 12.0 Å². The minimum atomic E-state index is -0.147. The summed E-state index contributed by atoms with van der Waals surface area (Å²) in [5.41, 5.74) is 5.10. The van der Waals surface area contributed by atoms with Crippen molar-refractivity contribution < 1.29 is 4.39 Å². The lowest BCUT2D eigenvalue weighted by molar-refractivity contribution is 0.408. The Balaban J connectivity index is 1.94. The molecule has 0 saturated heterocycles. The van der Waals surface area contributed by atoms with Gasteiger partial charge in [-0.25, -0.2) is 4.39 Å². The van der Waals surface area contributed by atoms with Gasteiger partial charge in [0.25, 0.3) is 0 Å². The average molecular weight is 283 g/mol. The van der Waals surface area contributed by atoms with E-state index in [9.17, 15) is 4.39 Å². The summed E-state index contributed by atoms with van der Waals surface area (Å²) < 4.78 is 13.7. The van der Waals surface area contributed by atoms with E-state index in [-0.39, 0.29) is 11.9 Å². The molecular weight excluding hydrogens is 261 g/mol. The first-order valence-electron chi connectivity index (χ1n) is 7.78. The Morgan fingerprint density at radius 1 is 1.24 bits per heavy atom. The maximum absolute atomic E-state index is 13.7. The van der Waals surface area contributed by atoms with E-state index in [0.717, 1.165) is 30.5 Å². The molecule has 0 spiro atoms. The number of hydrogen-bond acceptors (Lipinski definition) is 1. The molecule has 0 heterocycles. The number of aryl methyl sites for hydroxylation is 1. The van der Waals surface area contributed by atoms with E-state index in [1.54, 1.807) is 12.1 Å². The molecule has 2 aromatic carbocycles. The summed E-state index contributed by atoms with van der Waals surface area (Å²) in [6.45, 7) is 5.19. The minimum absolute atomic E-state index is 0.147. The maximum atomic E-state index is 13.7. The van der Waals surface area contributed by atoms with Gasteiger partial charge in [0, 0.05) is 12.0 Å². The van der Waals surface area contributed by atoms with Gasteiger partial charge in [-0.2, -0.15) is 0 Å². The lowest BCUT2D eigenvalue weighted by Crippen LogP contribution is -2.34. The van der Waals surface area contributed by atoms with E-state index in [0.29, 0.717) is 5.92 Å². The largest absolute Gasteiger partial charge is 0.309 e. The molecule has 0 aliphatic heterocycles. The Bertz CT molecular complexity index is 635. The van der Waals surface area contributed by atoms with Crippen molar-refractivity contribution in [1.29, 1.82) is 0 Å². The number of hydrogen-bond donors (Lipinski definition) is 1. The number of rotatable bonds is 5. The molecule has 21 heavy (non-hydrogen) atoms. The van der Waals surface area contributed by atoms with E-state index < -0.39 is 0 Å². The summed E-state index contributed by atoms with van der Waals surface area (Å²) in [7, 11) is 0. The van der Waals surface area contributed by atoms with E-state index in [2.05, 4.69) is 43.4 Å². The van der Waals surface area contributed by atoms with Crippen molar-refractivity contribution in [3.63, 3.8) is 0 Å². The zero-order valence-electron chi connectivity index (χ0n) is 12.7. The lowest BCUT2D eigenvalue weighted by Gasteiger charge is -2.38. The molecular formula is C19H22FN. The van der Waals surface area contributed by atoms with Gasteiger partial charge in [-0.05, 0) is 60.7 Å². The first-order valence-corrected chi connectivity index (χ1v) is 7.78. The fraction of sp³-hybridized carbons (Fsp3) is 0.368. The third-order valence-electron chi connectivity index (χ3n) is 4.49. The van der Waals surface area contributed by atoms with Gasteiger partial charge in [0.2, 0.25) is 0 Å². The van der Waals surface area contributed by atoms with Crippen LogP contribution in [0, 0.1) is 12.7 Å². The highest BCUT2D eigenvalue weighted by Gasteiger charge is 2.34. The van der Waals surface area contributed by atoms with Crippen LogP contribution in [0.25, 0.3) is 0 Å². The summed E-state index contributed by atoms with van der Waals surface area (Å²) in [5, 5.41) is 3.63. The predicted octanol–water partition coefficient (Wildman–Crippen LogP) is 4.51. The summed E-state index contributed by atoms with van der Waals surface area (Å²) >= 11 is 0. The Hall–Kier alpha value is -1.67. The van der Waals surface area contributed by atoms with Crippen LogP contribution in [0.5, 0.6) is 0 Å². The molecule has 0 aromatic heterocycles. The SMILES string of the molecule is CCCNC(c1cc(F)ccc1C)C1Cc2ccccc21. The number of benzene rings is 2. The smallest absolute Gasteiger partial charge is 0.123 e. The highest BCUT2D eigenvalue weighted by molar-refractivity contribution is 5.44. The third-order valence-corrected chi connectivity index (χ3v) is 4.49. The zero-order valence-corrected chi connectivity index (χ0v) is 12.7. The Morgan fingerprint density at radius 2 is 2.05 bits per heavy atom. The Kier molecular flexibility index (Phi) is 4.07. The second-order valence-corrected chi connectivity index (χ2v) is 5.94. The molecule has 3 rings (SSSR count). The van der Waals surface area contributed by atoms with Crippen molar-refractivity contribution in [3.05, 3.63) is 70.5 Å². The lowest BCUT2D eigenvalue weighted by atomic mass is 9.71. The quantitative estimate of drug-likeness (QED) is 0.851. The zero-order chi connectivity index (χ0) is 14.8. The van der Waals surface area contributed by atoms with Gasteiger partial charge >= 0.3 is 0 Å². The summed E-state index contributed by atoms with van der Waals surface area (Å²) in [6, 6.07) is 13.9. The number of halogens is 1. The first kappa shape index (κ1) is 14.3. The minimum Gasteiger partial charge on any atom is -0.309 e. The van der Waals surface area contributed by atoms with Crippen molar-refractivity contribution in [2.45, 2.75) is 38.6 Å². The second kappa shape index (κ2) is 5.98. The fourth-order valence-corrected chi connectivity index (χ4v) is 3.31. The van der Waals surface area contributed by atoms with Crippen LogP contribution in [-0.4, -0.2) is 6.54 Å². The van der Waals surface area contributed by atoms with Gasteiger partial charge in [-0.15, -0.1) is 0 Å². The van der Waals surface area contributed by atoms with E-state index >= 15 is 0 Å². The molecule has 110 valence electrons. The summed E-state index contributed by atoms with van der Waals surface area (Å²) in [4.78, 5) is 0. The van der Waals surface area contributed by atoms with Crippen molar-refractivity contribution in [1.82, 2.24) is 5.32 Å². The molecule has 0 fully saturated rings. The van der Waals surface area contributed by atoms with Gasteiger partial charge in [-0.3, -0.25) is 0 Å². The van der Waals surface area contributed by atoms with Gasteiger partial charge < -0.3 is 5.32 Å². The van der Waals surface area contributed by atoms with E-state index in [4.69, 9.17) is 0 Å². The predicted molar refractivity (Wildman–Crippen MR) is 85.1 cm³/mol. The third kappa shape index (κ3) is 2.73. The molecule has 0 radical (unpaired) electrons. The molecule has 2 aromatic rings. The maximum Gasteiger partial charge on any atom is 0.123 e. The van der Waals surface area contributed by atoms with Gasteiger partial charge in [-0.1, -0.05) is 37.3 Å². The number of nitrogens with one attached hydrogen (secondary N) is 1. The van der Waals surface area contributed by atoms with Crippen LogP contribution < -0.4 is 5.32 Å². The monoisotopic (exact) mass is 283 g/mol. The first-order chi connectivity index (χ1) is 10.2. The molecule has 1 N–H and O–H groups in total. The van der Waals surface area contributed by atoms with Crippen LogP contribution in [0.3, 0.4) is 0 Å². The Labute approximate surface area is 126 Å². The fourth-order valence-electron chi connectivity index (χ4n) is 3.31. The molecule has 1 nitrogen and oxygen atoms in total. The molecule has 1 aliphatic carbocycles. The molecule has 2 heteroatoms. The van der Waals surface area contributed by atoms with E-state index in [1.807, 2.05) is 6.07 Å². The normalized spacial score (nSPS) is 18.0. The number of fused-ring (bicyclic) bond motifs is 1. The van der Waals surface area contributed by atoms with Gasteiger partial charge in [0.05, 0.1) is 0 Å². The van der Waals surface area contributed by atoms with E-state index in [1.165, 1.54) is 11.1 Å². The summed E-state index contributed by atoms with van der Waals surface area (Å²) in [5.74, 6) is 0.305. The highest BCUT2D eigenvalue weighted by Crippen LogP contribution is 2.44. The summed E-state index contributed by atoms with van der Waals surface area (Å²) in [6.07, 6.45) is 2.16. The van der Waals surface area contributed by atoms with Crippen molar-refractivity contribution in [2.75, 3.05) is 6.54 Å². The molecule has 1 aliphatic rings. The van der Waals surface area contributed by atoms with Crippen LogP contribution in [-0.2, 0) is 6.42 Å². The molecule has 0 saturated carbocycles. The van der Waals surface area contributed by atoms with Crippen LogP contribution in [0.4, 0.5) is 4.39 Å². The van der Waals surface area contributed by atoms with Crippen LogP contribution >= 0.6 is 0 Å². The van der Waals surface area contributed by atoms with Crippen LogP contribution in [0.15, 0.2) is 42.5 Å². The van der Waals surface area contributed by atoms with Crippen molar-refractivity contribution in [2.24, 2.45) is 0 Å². The van der Waals surface area contributed by atoms with Crippen LogP contribution in [0.2, 0.25) is 0 Å². The van der Waals surface area contributed by atoms with Crippen LogP contribution in [0.1, 0.15) is 47.6 Å². The molecule has 0 bridgehead atoms. The Morgan fingerprint density at radius 3 is 2.81 bits per heavy atom.